The number of carbonyl (C=O) groups excluding carboxylic acids is 1. The van der Waals surface area contributed by atoms with Gasteiger partial charge in [-0.1, -0.05) is 28.1 Å². The maximum atomic E-state index is 12.2. The van der Waals surface area contributed by atoms with Crippen LogP contribution in [0, 0.1) is 3.57 Å². The number of rotatable bonds is 3. The van der Waals surface area contributed by atoms with E-state index in [-0.39, 0.29) is 16.6 Å². The number of nitrogens with one attached hydrogen (secondary N) is 1. The van der Waals surface area contributed by atoms with Gasteiger partial charge in [-0.05, 0) is 59.0 Å². The molecular weight excluding hydrogens is 467 g/mol. The first-order valence-electron chi connectivity index (χ1n) is 5.77. The molecule has 0 aromatic heterocycles. The molecule has 1 amide bonds. The highest BCUT2D eigenvalue weighted by Crippen LogP contribution is 2.24. The van der Waals surface area contributed by atoms with Crippen molar-refractivity contribution in [2.75, 3.05) is 5.32 Å². The Kier molecular flexibility index (Phi) is 5.17. The lowest BCUT2D eigenvalue weighted by Gasteiger charge is -2.11. The van der Waals surface area contributed by atoms with Crippen LogP contribution in [-0.2, 0) is 0 Å². The fourth-order valence-electron chi connectivity index (χ4n) is 1.68. The van der Waals surface area contributed by atoms with Gasteiger partial charge in [-0.2, -0.15) is 0 Å². The molecule has 0 radical (unpaired) electrons. The summed E-state index contributed by atoms with van der Waals surface area (Å²) >= 11 is 10.3. The molecule has 4 N–H and O–H groups in total. The van der Waals surface area contributed by atoms with E-state index >= 15 is 0 Å². The highest BCUT2D eigenvalue weighted by Gasteiger charge is 2.12. The van der Waals surface area contributed by atoms with Gasteiger partial charge in [-0.25, -0.2) is 0 Å². The van der Waals surface area contributed by atoms with Gasteiger partial charge >= 0.3 is 0 Å². The van der Waals surface area contributed by atoms with Crippen LogP contribution in [0.4, 0.5) is 5.69 Å². The number of aromatic hydroxyl groups is 1. The van der Waals surface area contributed by atoms with E-state index in [0.29, 0.717) is 20.4 Å². The van der Waals surface area contributed by atoms with E-state index in [1.165, 1.54) is 6.07 Å². The maximum Gasteiger partial charge on any atom is 0.255 e. The molecule has 21 heavy (non-hydrogen) atoms. The fraction of sp³-hybridized carbons (Fsp3) is 0. The zero-order chi connectivity index (χ0) is 15.6. The number of thiocarbonyl (C=S) groups is 1. The van der Waals surface area contributed by atoms with Crippen LogP contribution in [0.5, 0.6) is 5.75 Å². The molecule has 0 atom stereocenters. The largest absolute Gasteiger partial charge is 0.507 e. The molecule has 2 aromatic rings. The van der Waals surface area contributed by atoms with Crippen LogP contribution in [0.25, 0.3) is 0 Å². The lowest BCUT2D eigenvalue weighted by atomic mass is 10.1. The second-order valence-corrected chi connectivity index (χ2v) is 6.69. The van der Waals surface area contributed by atoms with E-state index in [2.05, 4.69) is 21.2 Å². The van der Waals surface area contributed by atoms with E-state index in [1.54, 1.807) is 30.3 Å². The number of phenolic OH excluding ortho intramolecular Hbond substituents is 1. The zero-order valence-corrected chi connectivity index (χ0v) is 15.1. The second-order valence-electron chi connectivity index (χ2n) is 4.17. The number of phenols is 1. The standard InChI is InChI=1S/C14H10BrIN2O2S/c15-8-2-3-9(13(17)21)11(6-8)18-14(20)7-1-4-10(16)12(19)5-7/h1-6,19H,(H2,17,21)(H,18,20). The molecular formula is C14H10BrIN2O2S. The first-order chi connectivity index (χ1) is 9.88. The quantitative estimate of drug-likeness (QED) is 0.467. The van der Waals surface area contributed by atoms with Crippen LogP contribution in [0.1, 0.15) is 15.9 Å². The Balaban J connectivity index is 2.33. The summed E-state index contributed by atoms with van der Waals surface area (Å²) in [6.07, 6.45) is 0. The average Bonchev–Trinajstić information content (AvgIpc) is 2.41. The smallest absolute Gasteiger partial charge is 0.255 e. The third kappa shape index (κ3) is 3.92. The molecule has 0 saturated carbocycles. The number of hydrogen-bond acceptors (Lipinski definition) is 3. The average molecular weight is 477 g/mol. The molecule has 0 aliphatic rings. The van der Waals surface area contributed by atoms with Crippen LogP contribution in [0.2, 0.25) is 0 Å². The lowest BCUT2D eigenvalue weighted by Crippen LogP contribution is -2.17. The molecule has 0 aliphatic heterocycles. The van der Waals surface area contributed by atoms with Crippen molar-refractivity contribution in [3.8, 4) is 5.75 Å². The molecule has 0 unspecified atom stereocenters. The van der Waals surface area contributed by atoms with Crippen molar-refractivity contribution in [2.45, 2.75) is 0 Å². The Morgan fingerprint density at radius 3 is 2.62 bits per heavy atom. The van der Waals surface area contributed by atoms with Crippen molar-refractivity contribution in [3.63, 3.8) is 0 Å². The van der Waals surface area contributed by atoms with Gasteiger partial charge in [0.15, 0.2) is 0 Å². The summed E-state index contributed by atoms with van der Waals surface area (Å²) in [5.41, 5.74) is 7.09. The molecule has 0 aliphatic carbocycles. The summed E-state index contributed by atoms with van der Waals surface area (Å²) in [6, 6.07) is 9.96. The zero-order valence-electron chi connectivity index (χ0n) is 10.6. The number of amides is 1. The molecule has 2 rings (SSSR count). The van der Waals surface area contributed by atoms with E-state index in [1.807, 2.05) is 22.6 Å². The number of carbonyl (C=O) groups is 1. The van der Waals surface area contributed by atoms with Gasteiger partial charge in [-0.15, -0.1) is 0 Å². The van der Waals surface area contributed by atoms with E-state index in [4.69, 9.17) is 18.0 Å². The van der Waals surface area contributed by atoms with Crippen molar-refractivity contribution in [3.05, 3.63) is 55.6 Å². The second kappa shape index (κ2) is 6.71. The molecule has 108 valence electrons. The third-order valence-corrected chi connectivity index (χ3v) is 4.33. The van der Waals surface area contributed by atoms with Crippen molar-refractivity contribution >= 4 is 67.3 Å². The van der Waals surface area contributed by atoms with Crippen molar-refractivity contribution in [2.24, 2.45) is 5.73 Å². The Morgan fingerprint density at radius 2 is 2.00 bits per heavy atom. The van der Waals surface area contributed by atoms with Gasteiger partial charge < -0.3 is 16.2 Å². The summed E-state index contributed by atoms with van der Waals surface area (Å²) in [6.45, 7) is 0. The molecule has 7 heteroatoms. The van der Waals surface area contributed by atoms with Crippen LogP contribution >= 0.6 is 50.7 Å². The van der Waals surface area contributed by atoms with E-state index < -0.39 is 0 Å². The minimum Gasteiger partial charge on any atom is -0.507 e. The normalized spacial score (nSPS) is 10.2. The Morgan fingerprint density at radius 1 is 1.29 bits per heavy atom. The topological polar surface area (TPSA) is 75.3 Å². The monoisotopic (exact) mass is 476 g/mol. The van der Waals surface area contributed by atoms with Gasteiger partial charge in [0, 0.05) is 15.6 Å². The van der Waals surface area contributed by atoms with E-state index in [0.717, 1.165) is 4.47 Å². The molecule has 0 saturated heterocycles. The summed E-state index contributed by atoms with van der Waals surface area (Å²) in [4.78, 5) is 12.4. The number of halogens is 2. The highest BCUT2D eigenvalue weighted by molar-refractivity contribution is 14.1. The number of hydrogen-bond donors (Lipinski definition) is 3. The Hall–Kier alpha value is -1.19. The molecule has 4 nitrogen and oxygen atoms in total. The fourth-order valence-corrected chi connectivity index (χ4v) is 2.56. The molecule has 0 bridgehead atoms. The summed E-state index contributed by atoms with van der Waals surface area (Å²) in [7, 11) is 0. The molecule has 0 spiro atoms. The predicted octanol–water partition coefficient (Wildman–Crippen LogP) is 3.65. The Bertz CT molecular complexity index is 737. The molecule has 0 heterocycles. The van der Waals surface area contributed by atoms with Crippen molar-refractivity contribution in [1.82, 2.24) is 0 Å². The van der Waals surface area contributed by atoms with Gasteiger partial charge in [0.05, 0.1) is 9.26 Å². The maximum absolute atomic E-state index is 12.2. The van der Waals surface area contributed by atoms with Gasteiger partial charge in [-0.3, -0.25) is 4.79 Å². The number of benzene rings is 2. The van der Waals surface area contributed by atoms with Crippen LogP contribution in [-0.4, -0.2) is 16.0 Å². The molecule has 0 fully saturated rings. The Labute approximate surface area is 149 Å². The lowest BCUT2D eigenvalue weighted by molar-refractivity contribution is 0.102. The predicted molar refractivity (Wildman–Crippen MR) is 98.8 cm³/mol. The van der Waals surface area contributed by atoms with Crippen LogP contribution in [0.15, 0.2) is 40.9 Å². The highest BCUT2D eigenvalue weighted by atomic mass is 127. The van der Waals surface area contributed by atoms with Crippen LogP contribution in [0.3, 0.4) is 0 Å². The summed E-state index contributed by atoms with van der Waals surface area (Å²) in [5, 5.41) is 12.4. The van der Waals surface area contributed by atoms with Gasteiger partial charge in [0.1, 0.15) is 10.7 Å². The number of anilines is 1. The minimum absolute atomic E-state index is 0.0621. The number of nitrogens with two attached hydrogens (primary N) is 1. The summed E-state index contributed by atoms with van der Waals surface area (Å²) < 4.78 is 1.47. The third-order valence-electron chi connectivity index (χ3n) is 2.70. The van der Waals surface area contributed by atoms with Crippen molar-refractivity contribution < 1.29 is 9.90 Å². The van der Waals surface area contributed by atoms with Gasteiger partial charge in [0.25, 0.3) is 5.91 Å². The summed E-state index contributed by atoms with van der Waals surface area (Å²) in [5.74, 6) is -0.288. The molecule has 2 aromatic carbocycles. The van der Waals surface area contributed by atoms with Crippen molar-refractivity contribution in [1.29, 1.82) is 0 Å². The SMILES string of the molecule is NC(=S)c1ccc(Br)cc1NC(=O)c1ccc(I)c(O)c1. The van der Waals surface area contributed by atoms with Crippen LogP contribution < -0.4 is 11.1 Å². The first-order valence-corrected chi connectivity index (χ1v) is 8.05. The minimum atomic E-state index is -0.350. The first kappa shape index (κ1) is 16.2. The van der Waals surface area contributed by atoms with Gasteiger partial charge in [0.2, 0.25) is 0 Å². The van der Waals surface area contributed by atoms with E-state index in [9.17, 15) is 9.90 Å².